The van der Waals surface area contributed by atoms with E-state index in [0.29, 0.717) is 0 Å². The zero-order valence-electron chi connectivity index (χ0n) is 8.31. The van der Waals surface area contributed by atoms with Gasteiger partial charge in [-0.1, -0.05) is 0 Å². The lowest BCUT2D eigenvalue weighted by Crippen LogP contribution is -2.60. The lowest BCUT2D eigenvalue weighted by atomic mass is 9.99. The van der Waals surface area contributed by atoms with Crippen LogP contribution in [0.3, 0.4) is 0 Å². The van der Waals surface area contributed by atoms with Gasteiger partial charge >= 0.3 is 11.9 Å². The molecule has 0 aromatic rings. The molecule has 5 atom stereocenters. The van der Waals surface area contributed by atoms with Gasteiger partial charge in [-0.2, -0.15) is 0 Å². The summed E-state index contributed by atoms with van der Waals surface area (Å²) in [7, 11) is 0. The van der Waals surface area contributed by atoms with Crippen molar-refractivity contribution in [2.75, 3.05) is 0 Å². The van der Waals surface area contributed by atoms with Gasteiger partial charge in [0.15, 0.2) is 18.5 Å². The molecule has 92 valence electrons. The molecule has 1 heterocycles. The summed E-state index contributed by atoms with van der Waals surface area (Å²) in [6, 6.07) is 0. The van der Waals surface area contributed by atoms with Crippen molar-refractivity contribution in [2.24, 2.45) is 0 Å². The van der Waals surface area contributed by atoms with Crippen LogP contribution in [0.1, 0.15) is 6.92 Å². The lowest BCUT2D eigenvalue weighted by molar-refractivity contribution is -0.282. The Balaban J connectivity index is 2.88. The number of carbonyl (C=O) groups excluding carboxylic acids is 1. The van der Waals surface area contributed by atoms with Crippen LogP contribution in [0.15, 0.2) is 0 Å². The largest absolute Gasteiger partial charge is 0.479 e. The quantitative estimate of drug-likeness (QED) is 0.385. The van der Waals surface area contributed by atoms with Gasteiger partial charge in [-0.15, -0.1) is 0 Å². The molecule has 8 heteroatoms. The Morgan fingerprint density at radius 1 is 1.19 bits per heavy atom. The Morgan fingerprint density at radius 3 is 2.19 bits per heavy atom. The van der Waals surface area contributed by atoms with Crippen molar-refractivity contribution in [3.63, 3.8) is 0 Å². The predicted molar refractivity (Wildman–Crippen MR) is 46.1 cm³/mol. The SMILES string of the molecule is CC(=O)O[C@H]1[C@H](O)[C@@H](O)[C@H](O)O[C@@H]1C(=O)O. The third-order valence-corrected chi connectivity index (χ3v) is 2.11. The number of carboxylic acid groups (broad SMARTS) is 1. The zero-order chi connectivity index (χ0) is 12.5. The molecule has 1 aliphatic rings. The minimum absolute atomic E-state index is 0.831. The highest BCUT2D eigenvalue weighted by molar-refractivity contribution is 5.74. The van der Waals surface area contributed by atoms with Crippen molar-refractivity contribution in [1.82, 2.24) is 0 Å². The van der Waals surface area contributed by atoms with E-state index in [2.05, 4.69) is 9.47 Å². The molecule has 16 heavy (non-hydrogen) atoms. The standard InChI is InChI=1S/C8H12O8/c1-2(9)15-5-3(10)4(11)8(14)16-6(5)7(12)13/h3-6,8,10-11,14H,1H3,(H,12,13)/t3-,4-,5+,6+,8-/m1/s1. The second-order valence-corrected chi connectivity index (χ2v) is 3.34. The van der Waals surface area contributed by atoms with Crippen molar-refractivity contribution in [3.05, 3.63) is 0 Å². The molecule has 0 aromatic carbocycles. The molecular weight excluding hydrogens is 224 g/mol. The van der Waals surface area contributed by atoms with Crippen molar-refractivity contribution >= 4 is 11.9 Å². The Hall–Kier alpha value is -1.22. The number of ether oxygens (including phenoxy) is 2. The number of aliphatic hydroxyl groups is 3. The molecular formula is C8H12O8. The zero-order valence-corrected chi connectivity index (χ0v) is 8.31. The predicted octanol–water partition coefficient (Wildman–Crippen LogP) is -2.56. The summed E-state index contributed by atoms with van der Waals surface area (Å²) < 4.78 is 9.04. The fraction of sp³-hybridized carbons (Fsp3) is 0.750. The highest BCUT2D eigenvalue weighted by Crippen LogP contribution is 2.22. The number of esters is 1. The number of carboxylic acids is 1. The first-order valence-electron chi connectivity index (χ1n) is 4.44. The van der Waals surface area contributed by atoms with Gasteiger partial charge in [-0.25, -0.2) is 4.79 Å². The van der Waals surface area contributed by atoms with Crippen molar-refractivity contribution in [3.8, 4) is 0 Å². The van der Waals surface area contributed by atoms with Crippen LogP contribution >= 0.6 is 0 Å². The molecule has 0 aromatic heterocycles. The van der Waals surface area contributed by atoms with Gasteiger partial charge in [0.2, 0.25) is 0 Å². The highest BCUT2D eigenvalue weighted by atomic mass is 16.7. The first kappa shape index (κ1) is 12.8. The molecule has 1 aliphatic heterocycles. The number of rotatable bonds is 2. The molecule has 0 saturated carbocycles. The maximum Gasteiger partial charge on any atom is 0.336 e. The third-order valence-electron chi connectivity index (χ3n) is 2.11. The number of aliphatic hydroxyl groups excluding tert-OH is 3. The van der Waals surface area contributed by atoms with E-state index in [1.807, 2.05) is 0 Å². The Labute approximate surface area is 90.0 Å². The molecule has 0 aliphatic carbocycles. The van der Waals surface area contributed by atoms with Gasteiger partial charge in [-0.05, 0) is 0 Å². The summed E-state index contributed by atoms with van der Waals surface area (Å²) in [5.74, 6) is -2.35. The van der Waals surface area contributed by atoms with E-state index in [-0.39, 0.29) is 0 Å². The third kappa shape index (κ3) is 2.47. The van der Waals surface area contributed by atoms with Crippen LogP contribution < -0.4 is 0 Å². The van der Waals surface area contributed by atoms with E-state index >= 15 is 0 Å². The summed E-state index contributed by atoms with van der Waals surface area (Å²) in [5, 5.41) is 36.5. The fourth-order valence-electron chi connectivity index (χ4n) is 1.37. The summed E-state index contributed by atoms with van der Waals surface area (Å²) in [6.45, 7) is 1.02. The maximum absolute atomic E-state index is 10.7. The molecule has 0 amide bonds. The minimum atomic E-state index is -1.84. The van der Waals surface area contributed by atoms with Crippen LogP contribution in [-0.4, -0.2) is 63.1 Å². The van der Waals surface area contributed by atoms with Crippen LogP contribution in [-0.2, 0) is 19.1 Å². The Morgan fingerprint density at radius 2 is 1.75 bits per heavy atom. The number of hydrogen-bond acceptors (Lipinski definition) is 7. The van der Waals surface area contributed by atoms with Gasteiger partial charge in [0.1, 0.15) is 12.2 Å². The minimum Gasteiger partial charge on any atom is -0.479 e. The molecule has 1 fully saturated rings. The highest BCUT2D eigenvalue weighted by Gasteiger charge is 2.49. The first-order chi connectivity index (χ1) is 7.34. The smallest absolute Gasteiger partial charge is 0.336 e. The maximum atomic E-state index is 10.7. The average Bonchev–Trinajstić information content (AvgIpc) is 2.17. The Kier molecular flexibility index (Phi) is 3.81. The molecule has 0 spiro atoms. The molecule has 0 bridgehead atoms. The molecule has 4 N–H and O–H groups in total. The average molecular weight is 236 g/mol. The van der Waals surface area contributed by atoms with Crippen molar-refractivity contribution < 1.29 is 39.5 Å². The molecule has 0 unspecified atom stereocenters. The van der Waals surface area contributed by atoms with Gasteiger partial charge in [-0.3, -0.25) is 4.79 Å². The van der Waals surface area contributed by atoms with Crippen LogP contribution in [0.4, 0.5) is 0 Å². The molecule has 1 rings (SSSR count). The van der Waals surface area contributed by atoms with E-state index in [0.717, 1.165) is 6.92 Å². The first-order valence-corrected chi connectivity index (χ1v) is 4.44. The second-order valence-electron chi connectivity index (χ2n) is 3.34. The number of aliphatic carboxylic acids is 1. The van der Waals surface area contributed by atoms with Crippen LogP contribution in [0, 0.1) is 0 Å². The van der Waals surface area contributed by atoms with E-state index < -0.39 is 42.6 Å². The van der Waals surface area contributed by atoms with Gasteiger partial charge in [0.05, 0.1) is 0 Å². The monoisotopic (exact) mass is 236 g/mol. The van der Waals surface area contributed by atoms with Crippen LogP contribution in [0.5, 0.6) is 0 Å². The summed E-state index contributed by atoms with van der Waals surface area (Å²) in [6.07, 6.45) is -8.60. The summed E-state index contributed by atoms with van der Waals surface area (Å²) in [4.78, 5) is 21.4. The van der Waals surface area contributed by atoms with E-state index in [1.54, 1.807) is 0 Å². The van der Waals surface area contributed by atoms with E-state index in [4.69, 9.17) is 10.2 Å². The fourth-order valence-corrected chi connectivity index (χ4v) is 1.37. The lowest BCUT2D eigenvalue weighted by Gasteiger charge is -2.38. The van der Waals surface area contributed by atoms with Gasteiger partial charge in [0, 0.05) is 6.92 Å². The normalized spacial score (nSPS) is 39.1. The molecule has 0 radical (unpaired) electrons. The summed E-state index contributed by atoms with van der Waals surface area (Å²) in [5.41, 5.74) is 0. The van der Waals surface area contributed by atoms with E-state index in [1.165, 1.54) is 0 Å². The Bertz CT molecular complexity index is 290. The number of carbonyl (C=O) groups is 2. The molecule has 8 nitrogen and oxygen atoms in total. The van der Waals surface area contributed by atoms with Crippen molar-refractivity contribution in [2.45, 2.75) is 37.6 Å². The van der Waals surface area contributed by atoms with E-state index in [9.17, 15) is 19.8 Å². The van der Waals surface area contributed by atoms with Crippen molar-refractivity contribution in [1.29, 1.82) is 0 Å². The van der Waals surface area contributed by atoms with Gasteiger partial charge < -0.3 is 29.9 Å². The number of hydrogen-bond donors (Lipinski definition) is 4. The summed E-state index contributed by atoms with van der Waals surface area (Å²) >= 11 is 0. The van der Waals surface area contributed by atoms with Gasteiger partial charge in [0.25, 0.3) is 0 Å². The van der Waals surface area contributed by atoms with Crippen LogP contribution in [0.2, 0.25) is 0 Å². The second kappa shape index (κ2) is 4.74. The molecule has 1 saturated heterocycles. The topological polar surface area (TPSA) is 134 Å². The van der Waals surface area contributed by atoms with Crippen LogP contribution in [0.25, 0.3) is 0 Å².